The van der Waals surface area contributed by atoms with E-state index in [0.29, 0.717) is 12.0 Å². The zero-order valence-corrected chi connectivity index (χ0v) is 20.2. The fourth-order valence-corrected chi connectivity index (χ4v) is 3.63. The molecule has 0 saturated carbocycles. The molecule has 0 spiro atoms. The van der Waals surface area contributed by atoms with Crippen LogP contribution in [0.5, 0.6) is 17.2 Å². The number of rotatable bonds is 12. The third-order valence-electron chi connectivity index (χ3n) is 4.69. The second kappa shape index (κ2) is 13.3. The minimum atomic E-state index is -4.32. The van der Waals surface area contributed by atoms with E-state index in [1.54, 1.807) is 18.2 Å². The Morgan fingerprint density at radius 2 is 1.55 bits per heavy atom. The van der Waals surface area contributed by atoms with Crippen molar-refractivity contribution in [2.75, 3.05) is 0 Å². The van der Waals surface area contributed by atoms with E-state index in [0.717, 1.165) is 12.8 Å². The van der Waals surface area contributed by atoms with Crippen LogP contribution in [0, 0.1) is 0 Å². The number of hydrogen-bond donors (Lipinski definition) is 1. The minimum Gasteiger partial charge on any atom is -0.870 e. The van der Waals surface area contributed by atoms with Crippen LogP contribution in [0.25, 0.3) is 0 Å². The van der Waals surface area contributed by atoms with Gasteiger partial charge in [0.15, 0.2) is 0 Å². The summed E-state index contributed by atoms with van der Waals surface area (Å²) in [5, 5.41) is 12.6. The standard InChI is InChI=1S/C22H30O5S.Na/c1-2-3-4-5-6-7-8-9-12-18-13-10-16-21(22(18)23)27-19-14-11-15-20(17-19)28(24,25)26;/h10-11,13-17,23H,2-9,12H2,1H3,(H,24,25,26);/q;+1/p-1. The van der Waals surface area contributed by atoms with Gasteiger partial charge in [-0.25, -0.2) is 0 Å². The van der Waals surface area contributed by atoms with Gasteiger partial charge in [-0.05, 0) is 31.0 Å². The van der Waals surface area contributed by atoms with Crippen molar-refractivity contribution >= 4 is 10.1 Å². The third kappa shape index (κ3) is 9.09. The molecule has 1 N–H and O–H groups in total. The SMILES string of the molecule is CCCCCCCCCCc1cccc(Oc2cccc(S(=O)(=O)O)c2)c1[O-].[Na+]. The normalized spacial score (nSPS) is 11.1. The average molecular weight is 429 g/mol. The zero-order chi connectivity index (χ0) is 20.4. The van der Waals surface area contributed by atoms with Gasteiger partial charge in [0.1, 0.15) is 11.5 Å². The third-order valence-corrected chi connectivity index (χ3v) is 5.54. The van der Waals surface area contributed by atoms with E-state index in [1.807, 2.05) is 6.07 Å². The quantitative estimate of drug-likeness (QED) is 0.319. The molecule has 7 heteroatoms. The molecule has 29 heavy (non-hydrogen) atoms. The maximum Gasteiger partial charge on any atom is 1.00 e. The van der Waals surface area contributed by atoms with E-state index in [4.69, 9.17) is 9.29 Å². The first kappa shape index (κ1) is 26.0. The van der Waals surface area contributed by atoms with Crippen molar-refractivity contribution < 1.29 is 52.4 Å². The molecule has 0 amide bonds. The van der Waals surface area contributed by atoms with Crippen LogP contribution >= 0.6 is 0 Å². The Morgan fingerprint density at radius 1 is 0.931 bits per heavy atom. The molecule has 0 unspecified atom stereocenters. The maximum atomic E-state index is 12.6. The number of para-hydroxylation sites is 1. The molecule has 5 nitrogen and oxygen atoms in total. The van der Waals surface area contributed by atoms with Gasteiger partial charge in [-0.1, -0.05) is 81.4 Å². The number of benzene rings is 2. The van der Waals surface area contributed by atoms with Crippen LogP contribution in [0.4, 0.5) is 0 Å². The van der Waals surface area contributed by atoms with Crippen molar-refractivity contribution in [3.63, 3.8) is 0 Å². The number of aryl methyl sites for hydroxylation is 1. The molecule has 2 rings (SSSR count). The summed E-state index contributed by atoms with van der Waals surface area (Å²) in [6.45, 7) is 2.21. The van der Waals surface area contributed by atoms with Gasteiger partial charge in [0, 0.05) is 6.07 Å². The Hall–Kier alpha value is -1.05. The summed E-state index contributed by atoms with van der Waals surface area (Å²) in [5.74, 6) is 0.170. The van der Waals surface area contributed by atoms with Gasteiger partial charge in [0.25, 0.3) is 10.1 Å². The average Bonchev–Trinajstić information content (AvgIpc) is 2.66. The molecule has 2 aromatic rings. The fraction of sp³-hybridized carbons (Fsp3) is 0.455. The first-order valence-electron chi connectivity index (χ1n) is 9.96. The Morgan fingerprint density at radius 3 is 2.21 bits per heavy atom. The Balaban J connectivity index is 0.00000420. The number of hydrogen-bond acceptors (Lipinski definition) is 4. The van der Waals surface area contributed by atoms with Crippen molar-refractivity contribution in [1.82, 2.24) is 0 Å². The Labute approximate surface area is 196 Å². The summed E-state index contributed by atoms with van der Waals surface area (Å²) in [6.07, 6.45) is 10.4. The van der Waals surface area contributed by atoms with Crippen LogP contribution in [-0.4, -0.2) is 13.0 Å². The van der Waals surface area contributed by atoms with E-state index < -0.39 is 10.1 Å². The summed E-state index contributed by atoms with van der Waals surface area (Å²) in [4.78, 5) is -0.271. The molecule has 0 aromatic heterocycles. The molecule has 0 aliphatic heterocycles. The maximum absolute atomic E-state index is 12.6. The predicted octanol–water partition coefficient (Wildman–Crippen LogP) is 2.49. The molecule has 0 aliphatic carbocycles. The zero-order valence-electron chi connectivity index (χ0n) is 17.4. The largest absolute Gasteiger partial charge is 1.00 e. The monoisotopic (exact) mass is 428 g/mol. The van der Waals surface area contributed by atoms with Crippen LogP contribution < -0.4 is 39.4 Å². The summed E-state index contributed by atoms with van der Waals surface area (Å²) in [7, 11) is -4.32. The van der Waals surface area contributed by atoms with Gasteiger partial charge in [0.2, 0.25) is 0 Å². The molecular formula is C22H29NaO5S. The second-order valence-electron chi connectivity index (χ2n) is 7.02. The van der Waals surface area contributed by atoms with Gasteiger partial charge < -0.3 is 9.84 Å². The van der Waals surface area contributed by atoms with E-state index in [9.17, 15) is 13.5 Å². The van der Waals surface area contributed by atoms with Crippen molar-refractivity contribution in [2.45, 2.75) is 69.6 Å². The first-order chi connectivity index (χ1) is 13.4. The van der Waals surface area contributed by atoms with Crippen LogP contribution in [0.1, 0.15) is 63.9 Å². The van der Waals surface area contributed by atoms with Gasteiger partial charge in [0.05, 0.1) is 4.90 Å². The van der Waals surface area contributed by atoms with Crippen molar-refractivity contribution in [1.29, 1.82) is 0 Å². The van der Waals surface area contributed by atoms with Crippen LogP contribution in [0.2, 0.25) is 0 Å². The van der Waals surface area contributed by atoms with Gasteiger partial charge in [-0.15, -0.1) is 0 Å². The molecule has 0 heterocycles. The summed E-state index contributed by atoms with van der Waals surface area (Å²) >= 11 is 0. The predicted molar refractivity (Wildman–Crippen MR) is 109 cm³/mol. The molecule has 2 aromatic carbocycles. The molecule has 0 radical (unpaired) electrons. The molecule has 0 fully saturated rings. The Bertz CT molecular complexity index is 852. The van der Waals surface area contributed by atoms with Crippen LogP contribution in [0.15, 0.2) is 47.4 Å². The molecule has 0 saturated heterocycles. The first-order valence-corrected chi connectivity index (χ1v) is 11.4. The van der Waals surface area contributed by atoms with Crippen molar-refractivity contribution in [3.8, 4) is 17.2 Å². The van der Waals surface area contributed by atoms with E-state index in [-0.39, 0.29) is 51.7 Å². The van der Waals surface area contributed by atoms with Crippen molar-refractivity contribution in [2.24, 2.45) is 0 Å². The van der Waals surface area contributed by atoms with E-state index >= 15 is 0 Å². The number of unbranched alkanes of at least 4 members (excludes halogenated alkanes) is 7. The smallest absolute Gasteiger partial charge is 0.870 e. The molecule has 154 valence electrons. The molecule has 0 aliphatic rings. The number of ether oxygens (including phenoxy) is 1. The van der Waals surface area contributed by atoms with Gasteiger partial charge in [-0.3, -0.25) is 4.55 Å². The summed E-state index contributed by atoms with van der Waals surface area (Å²) in [6, 6.07) is 10.6. The molecular weight excluding hydrogens is 399 g/mol. The van der Waals surface area contributed by atoms with Gasteiger partial charge >= 0.3 is 29.6 Å². The van der Waals surface area contributed by atoms with Crippen LogP contribution in [0.3, 0.4) is 0 Å². The minimum absolute atomic E-state index is 0. The molecule has 0 bridgehead atoms. The second-order valence-corrected chi connectivity index (χ2v) is 8.44. The molecule has 0 atom stereocenters. The summed E-state index contributed by atoms with van der Waals surface area (Å²) < 4.78 is 37.2. The fourth-order valence-electron chi connectivity index (χ4n) is 3.11. The topological polar surface area (TPSA) is 86.7 Å². The van der Waals surface area contributed by atoms with Crippen molar-refractivity contribution in [3.05, 3.63) is 48.0 Å². The van der Waals surface area contributed by atoms with E-state index in [2.05, 4.69) is 6.92 Å². The summed E-state index contributed by atoms with van der Waals surface area (Å²) in [5.41, 5.74) is 0.703. The van der Waals surface area contributed by atoms with Gasteiger partial charge in [-0.2, -0.15) is 8.42 Å². The van der Waals surface area contributed by atoms with Crippen LogP contribution in [-0.2, 0) is 16.5 Å². The van der Waals surface area contributed by atoms with E-state index in [1.165, 1.54) is 56.7 Å². The Kier molecular flexibility index (Phi) is 11.9.